The third-order valence-corrected chi connectivity index (χ3v) is 5.62. The Balaban J connectivity index is 1.80. The molecule has 0 fully saturated rings. The number of carbonyl (C=O) groups is 1. The molecule has 0 aliphatic heterocycles. The van der Waals surface area contributed by atoms with Crippen molar-refractivity contribution in [2.75, 3.05) is 11.6 Å². The van der Waals surface area contributed by atoms with Crippen LogP contribution in [0.4, 0.5) is 0 Å². The van der Waals surface area contributed by atoms with Crippen LogP contribution in [0.15, 0.2) is 35.5 Å². The number of thioether (sulfide) groups is 1. The van der Waals surface area contributed by atoms with Gasteiger partial charge in [-0.15, -0.1) is 10.2 Å². The molecule has 8 heteroatoms. The number of halogens is 2. The van der Waals surface area contributed by atoms with Crippen molar-refractivity contribution in [3.8, 4) is 11.4 Å². The highest BCUT2D eigenvalue weighted by atomic mass is 35.5. The molecule has 2 N–H and O–H groups in total. The van der Waals surface area contributed by atoms with Crippen molar-refractivity contribution in [3.05, 3.63) is 62.6 Å². The van der Waals surface area contributed by atoms with Gasteiger partial charge in [0.15, 0.2) is 11.6 Å². The quantitative estimate of drug-likeness (QED) is 0.362. The average Bonchev–Trinajstić information content (AvgIpc) is 2.93. The van der Waals surface area contributed by atoms with Crippen LogP contribution in [0.2, 0.25) is 10.0 Å². The summed E-state index contributed by atoms with van der Waals surface area (Å²) in [5.41, 5.74) is 4.46. The Kier molecular flexibility index (Phi) is 5.79. The van der Waals surface area contributed by atoms with E-state index >= 15 is 0 Å². The molecule has 1 aromatic heterocycles. The molecule has 0 saturated heterocycles. The van der Waals surface area contributed by atoms with E-state index in [9.17, 15) is 4.79 Å². The molecule has 0 saturated carbocycles. The maximum Gasteiger partial charge on any atom is 0.210 e. The van der Waals surface area contributed by atoms with Crippen LogP contribution in [0.1, 0.15) is 27.0 Å². The van der Waals surface area contributed by atoms with Crippen LogP contribution in [0.25, 0.3) is 11.4 Å². The van der Waals surface area contributed by atoms with Crippen LogP contribution in [0.5, 0.6) is 0 Å². The molecular formula is C19H18Cl2N4OS. The molecule has 0 unspecified atom stereocenters. The first kappa shape index (κ1) is 19.7. The Labute approximate surface area is 171 Å². The van der Waals surface area contributed by atoms with Gasteiger partial charge in [0.1, 0.15) is 0 Å². The van der Waals surface area contributed by atoms with E-state index in [0.717, 1.165) is 22.3 Å². The summed E-state index contributed by atoms with van der Waals surface area (Å²) in [7, 11) is 0. The number of hydrogen-bond donors (Lipinski definition) is 1. The van der Waals surface area contributed by atoms with Crippen molar-refractivity contribution in [3.63, 3.8) is 0 Å². The van der Waals surface area contributed by atoms with E-state index in [0.29, 0.717) is 26.6 Å². The molecule has 0 atom stereocenters. The minimum absolute atomic E-state index is 0.0316. The number of ketones is 1. The van der Waals surface area contributed by atoms with Gasteiger partial charge in [0.25, 0.3) is 0 Å². The molecule has 0 bridgehead atoms. The van der Waals surface area contributed by atoms with Crippen molar-refractivity contribution >= 4 is 40.7 Å². The summed E-state index contributed by atoms with van der Waals surface area (Å²) in [6.07, 6.45) is 0. The van der Waals surface area contributed by atoms with Crippen LogP contribution in [-0.4, -0.2) is 26.4 Å². The van der Waals surface area contributed by atoms with Crippen LogP contribution >= 0.6 is 35.0 Å². The van der Waals surface area contributed by atoms with Crippen molar-refractivity contribution in [1.29, 1.82) is 0 Å². The van der Waals surface area contributed by atoms with E-state index in [1.54, 1.807) is 18.2 Å². The van der Waals surface area contributed by atoms with Gasteiger partial charge < -0.3 is 5.84 Å². The smallest absolute Gasteiger partial charge is 0.210 e. The monoisotopic (exact) mass is 420 g/mol. The second-order valence-electron chi connectivity index (χ2n) is 6.29. The lowest BCUT2D eigenvalue weighted by Crippen LogP contribution is -2.13. The Morgan fingerprint density at radius 2 is 1.78 bits per heavy atom. The summed E-state index contributed by atoms with van der Waals surface area (Å²) in [5, 5.41) is 9.58. The maximum atomic E-state index is 12.7. The van der Waals surface area contributed by atoms with Gasteiger partial charge in [-0.25, -0.2) is 4.68 Å². The predicted octanol–water partition coefficient (Wildman–Crippen LogP) is 4.87. The van der Waals surface area contributed by atoms with Gasteiger partial charge in [-0.1, -0.05) is 52.7 Å². The molecule has 0 spiro atoms. The lowest BCUT2D eigenvalue weighted by molar-refractivity contribution is 0.102. The normalized spacial score (nSPS) is 11.0. The van der Waals surface area contributed by atoms with Gasteiger partial charge >= 0.3 is 0 Å². The second kappa shape index (κ2) is 7.92. The fraction of sp³-hybridized carbons (Fsp3) is 0.211. The predicted molar refractivity (Wildman–Crippen MR) is 111 cm³/mol. The highest BCUT2D eigenvalue weighted by Gasteiger charge is 2.18. The minimum Gasteiger partial charge on any atom is -0.335 e. The second-order valence-corrected chi connectivity index (χ2v) is 8.07. The zero-order valence-electron chi connectivity index (χ0n) is 15.1. The van der Waals surface area contributed by atoms with Crippen LogP contribution in [-0.2, 0) is 0 Å². The maximum absolute atomic E-state index is 12.7. The highest BCUT2D eigenvalue weighted by molar-refractivity contribution is 7.99. The van der Waals surface area contributed by atoms with Crippen LogP contribution in [0, 0.1) is 20.8 Å². The lowest BCUT2D eigenvalue weighted by atomic mass is 9.97. The van der Waals surface area contributed by atoms with Gasteiger partial charge in [-0.05, 0) is 50.1 Å². The molecule has 3 aromatic rings. The number of Topliss-reactive ketones (excluding diaryl/α,β-unsaturated/α-hetero) is 1. The summed E-state index contributed by atoms with van der Waals surface area (Å²) in [5.74, 6) is 6.77. The number of nitrogen functional groups attached to an aromatic ring is 1. The summed E-state index contributed by atoms with van der Waals surface area (Å²) in [4.78, 5) is 12.7. The van der Waals surface area contributed by atoms with Crippen LogP contribution < -0.4 is 5.84 Å². The highest BCUT2D eigenvalue weighted by Crippen LogP contribution is 2.30. The molecule has 0 aliphatic carbocycles. The number of aryl methyl sites for hydroxylation is 3. The molecule has 5 nitrogen and oxygen atoms in total. The zero-order chi connectivity index (χ0) is 19.7. The third kappa shape index (κ3) is 4.13. The van der Waals surface area contributed by atoms with Gasteiger partial charge in [0, 0.05) is 16.1 Å². The Hall–Kier alpha value is -2.02. The number of carbonyl (C=O) groups excluding carboxylic acids is 1. The van der Waals surface area contributed by atoms with E-state index < -0.39 is 0 Å². The van der Waals surface area contributed by atoms with E-state index in [1.165, 1.54) is 16.4 Å². The molecule has 1 heterocycles. The van der Waals surface area contributed by atoms with Gasteiger partial charge in [-0.3, -0.25) is 4.79 Å². The van der Waals surface area contributed by atoms with E-state index in [2.05, 4.69) is 10.2 Å². The SMILES string of the molecule is Cc1cc(C)c(C(=O)CSc2nnc(-c3ccc(Cl)cc3Cl)n2N)c(C)c1. The number of aromatic nitrogens is 3. The molecule has 3 rings (SSSR count). The Morgan fingerprint density at radius 1 is 1.11 bits per heavy atom. The fourth-order valence-electron chi connectivity index (χ4n) is 3.05. The number of nitrogens with zero attached hydrogens (tertiary/aromatic N) is 3. The van der Waals surface area contributed by atoms with E-state index in [1.807, 2.05) is 32.9 Å². The van der Waals surface area contributed by atoms with Crippen LogP contribution in [0.3, 0.4) is 0 Å². The topological polar surface area (TPSA) is 73.8 Å². The number of nitrogens with two attached hydrogens (primary N) is 1. The summed E-state index contributed by atoms with van der Waals surface area (Å²) in [6, 6.07) is 9.08. The average molecular weight is 421 g/mol. The standard InChI is InChI=1S/C19H18Cl2N4OS/c1-10-6-11(2)17(12(3)7-10)16(26)9-27-19-24-23-18(25(19)22)14-5-4-13(20)8-15(14)21/h4-8H,9,22H2,1-3H3. The summed E-state index contributed by atoms with van der Waals surface area (Å²) in [6.45, 7) is 5.91. The first-order valence-corrected chi connectivity index (χ1v) is 9.92. The molecule has 0 amide bonds. The zero-order valence-corrected chi connectivity index (χ0v) is 17.4. The number of hydrogen-bond acceptors (Lipinski definition) is 5. The number of rotatable bonds is 5. The van der Waals surface area contributed by atoms with Crippen molar-refractivity contribution in [1.82, 2.24) is 14.9 Å². The molecule has 27 heavy (non-hydrogen) atoms. The molecule has 0 aliphatic rings. The molecule has 140 valence electrons. The van der Waals surface area contributed by atoms with Gasteiger partial charge in [0.05, 0.1) is 10.8 Å². The number of benzene rings is 2. The van der Waals surface area contributed by atoms with E-state index in [4.69, 9.17) is 29.0 Å². The Morgan fingerprint density at radius 3 is 2.41 bits per heavy atom. The molecule has 2 aromatic carbocycles. The van der Waals surface area contributed by atoms with Gasteiger partial charge in [0.2, 0.25) is 5.16 Å². The molecular weight excluding hydrogens is 403 g/mol. The largest absolute Gasteiger partial charge is 0.335 e. The third-order valence-electron chi connectivity index (χ3n) is 4.12. The fourth-order valence-corrected chi connectivity index (χ4v) is 4.27. The van der Waals surface area contributed by atoms with Crippen molar-refractivity contribution in [2.45, 2.75) is 25.9 Å². The summed E-state index contributed by atoms with van der Waals surface area (Å²) < 4.78 is 1.34. The van der Waals surface area contributed by atoms with Crippen molar-refractivity contribution < 1.29 is 4.79 Å². The van der Waals surface area contributed by atoms with Gasteiger partial charge in [-0.2, -0.15) is 0 Å². The van der Waals surface area contributed by atoms with E-state index in [-0.39, 0.29) is 11.5 Å². The molecule has 0 radical (unpaired) electrons. The van der Waals surface area contributed by atoms with Crippen molar-refractivity contribution in [2.24, 2.45) is 0 Å². The Bertz CT molecular complexity index is 1010. The first-order chi connectivity index (χ1) is 12.8. The minimum atomic E-state index is 0.0316. The first-order valence-electron chi connectivity index (χ1n) is 8.17. The lowest BCUT2D eigenvalue weighted by Gasteiger charge is -2.10. The summed E-state index contributed by atoms with van der Waals surface area (Å²) >= 11 is 13.4.